The lowest BCUT2D eigenvalue weighted by atomic mass is 9.82. The van der Waals surface area contributed by atoms with E-state index in [-0.39, 0.29) is 46.8 Å². The van der Waals surface area contributed by atoms with E-state index in [0.29, 0.717) is 5.56 Å². The van der Waals surface area contributed by atoms with Gasteiger partial charge in [0.05, 0.1) is 16.8 Å². The molecule has 0 aromatic heterocycles. The molecule has 2 aromatic carbocycles. The molecule has 0 unspecified atom stereocenters. The van der Waals surface area contributed by atoms with E-state index in [1.54, 1.807) is 30.4 Å². The SMILES string of the molecule is C=CCN(CC=C)C(=O)COC(=O)c1ccc2c(c1N)C(=O)c1ccccc1C2=O. The molecular weight excluding hydrogens is 384 g/mol. The number of ether oxygens (including phenoxy) is 1. The van der Waals surface area contributed by atoms with Crippen molar-refractivity contribution in [2.75, 3.05) is 25.4 Å². The highest BCUT2D eigenvalue weighted by molar-refractivity contribution is 6.30. The Labute approximate surface area is 173 Å². The predicted molar refractivity (Wildman–Crippen MR) is 111 cm³/mol. The summed E-state index contributed by atoms with van der Waals surface area (Å²) >= 11 is 0. The third-order valence-corrected chi connectivity index (χ3v) is 4.73. The lowest BCUT2D eigenvalue weighted by molar-refractivity contribution is -0.133. The zero-order valence-electron chi connectivity index (χ0n) is 16.2. The summed E-state index contributed by atoms with van der Waals surface area (Å²) in [7, 11) is 0. The Morgan fingerprint density at radius 1 is 0.933 bits per heavy atom. The molecule has 0 fully saturated rings. The molecule has 0 heterocycles. The second-order valence-corrected chi connectivity index (χ2v) is 6.61. The summed E-state index contributed by atoms with van der Waals surface area (Å²) in [6.45, 7) is 7.20. The minimum absolute atomic E-state index is 0.0283. The van der Waals surface area contributed by atoms with E-state index in [2.05, 4.69) is 13.2 Å². The molecule has 1 amide bonds. The molecule has 2 N–H and O–H groups in total. The molecule has 0 bridgehead atoms. The van der Waals surface area contributed by atoms with Crippen molar-refractivity contribution in [1.82, 2.24) is 4.90 Å². The van der Waals surface area contributed by atoms with Crippen molar-refractivity contribution < 1.29 is 23.9 Å². The largest absolute Gasteiger partial charge is 0.452 e. The minimum Gasteiger partial charge on any atom is -0.452 e. The molecule has 0 aliphatic heterocycles. The summed E-state index contributed by atoms with van der Waals surface area (Å²) in [4.78, 5) is 51.7. The number of hydrogen-bond acceptors (Lipinski definition) is 6. The normalized spacial score (nSPS) is 11.9. The Morgan fingerprint density at radius 3 is 2.13 bits per heavy atom. The van der Waals surface area contributed by atoms with Gasteiger partial charge in [-0.3, -0.25) is 14.4 Å². The highest BCUT2D eigenvalue weighted by atomic mass is 16.5. The predicted octanol–water partition coefficient (Wildman–Crippen LogP) is 2.40. The second-order valence-electron chi connectivity index (χ2n) is 6.61. The average molecular weight is 404 g/mol. The van der Waals surface area contributed by atoms with Crippen LogP contribution in [-0.2, 0) is 9.53 Å². The summed E-state index contributed by atoms with van der Waals surface area (Å²) < 4.78 is 5.09. The molecule has 7 nitrogen and oxygen atoms in total. The maximum absolute atomic E-state index is 12.9. The van der Waals surface area contributed by atoms with Crippen molar-refractivity contribution in [3.63, 3.8) is 0 Å². The van der Waals surface area contributed by atoms with Crippen LogP contribution < -0.4 is 5.73 Å². The monoisotopic (exact) mass is 404 g/mol. The third-order valence-electron chi connectivity index (χ3n) is 4.73. The number of benzene rings is 2. The highest BCUT2D eigenvalue weighted by Gasteiger charge is 2.33. The Morgan fingerprint density at radius 2 is 1.53 bits per heavy atom. The van der Waals surface area contributed by atoms with Gasteiger partial charge in [-0.1, -0.05) is 36.4 Å². The average Bonchev–Trinajstić information content (AvgIpc) is 2.75. The number of nitrogens with zero attached hydrogens (tertiary/aromatic N) is 1. The highest BCUT2D eigenvalue weighted by Crippen LogP contribution is 2.32. The summed E-state index contributed by atoms with van der Waals surface area (Å²) in [5.41, 5.74) is 6.48. The Hall–Kier alpha value is -4.00. The van der Waals surface area contributed by atoms with Crippen molar-refractivity contribution in [1.29, 1.82) is 0 Å². The summed E-state index contributed by atoms with van der Waals surface area (Å²) in [5, 5.41) is 0. The number of rotatable bonds is 7. The third kappa shape index (κ3) is 3.65. The van der Waals surface area contributed by atoms with Crippen molar-refractivity contribution in [3.05, 3.63) is 89.5 Å². The van der Waals surface area contributed by atoms with Crippen molar-refractivity contribution in [3.8, 4) is 0 Å². The molecule has 30 heavy (non-hydrogen) atoms. The standard InChI is InChI=1S/C23H20N2O5/c1-3-11-25(12-4-2)18(26)13-30-23(29)17-10-9-16-19(20(17)24)22(28)15-8-6-5-7-14(15)21(16)27/h3-10H,1-2,11-13,24H2. The van der Waals surface area contributed by atoms with Gasteiger partial charge in [0, 0.05) is 29.8 Å². The van der Waals surface area contributed by atoms with Gasteiger partial charge in [-0.05, 0) is 12.1 Å². The van der Waals surface area contributed by atoms with Crippen LogP contribution in [0, 0.1) is 0 Å². The van der Waals surface area contributed by atoms with Crippen LogP contribution in [0.5, 0.6) is 0 Å². The Kier molecular flexibility index (Phi) is 5.92. The molecular formula is C23H20N2O5. The first kappa shape index (κ1) is 20.7. The Balaban J connectivity index is 1.85. The molecule has 1 aliphatic rings. The molecule has 3 rings (SSSR count). The fourth-order valence-electron chi connectivity index (χ4n) is 3.28. The molecule has 7 heteroatoms. The van der Waals surface area contributed by atoms with Crippen molar-refractivity contribution >= 4 is 29.1 Å². The molecule has 152 valence electrons. The van der Waals surface area contributed by atoms with Crippen LogP contribution in [0.1, 0.15) is 42.2 Å². The number of nitrogens with two attached hydrogens (primary N) is 1. The van der Waals surface area contributed by atoms with Gasteiger partial charge in [-0.15, -0.1) is 13.2 Å². The van der Waals surface area contributed by atoms with E-state index in [4.69, 9.17) is 10.5 Å². The number of esters is 1. The fraction of sp³-hybridized carbons (Fsp3) is 0.130. The number of carbonyl (C=O) groups is 4. The van der Waals surface area contributed by atoms with Crippen molar-refractivity contribution in [2.24, 2.45) is 0 Å². The summed E-state index contributed by atoms with van der Waals surface area (Å²) in [5.74, 6) is -2.07. The minimum atomic E-state index is -0.861. The molecule has 0 atom stereocenters. The van der Waals surface area contributed by atoms with Crippen LogP contribution >= 0.6 is 0 Å². The maximum Gasteiger partial charge on any atom is 0.340 e. The number of carbonyl (C=O) groups excluding carboxylic acids is 4. The van der Waals surface area contributed by atoms with Gasteiger partial charge in [-0.2, -0.15) is 0 Å². The second kappa shape index (κ2) is 8.57. The van der Waals surface area contributed by atoms with E-state index in [1.165, 1.54) is 23.1 Å². The number of amides is 1. The summed E-state index contributed by atoms with van der Waals surface area (Å²) in [6.07, 6.45) is 3.09. The van der Waals surface area contributed by atoms with Gasteiger partial charge < -0.3 is 15.4 Å². The van der Waals surface area contributed by atoms with Gasteiger partial charge in [-0.25, -0.2) is 4.79 Å². The lowest BCUT2D eigenvalue weighted by Gasteiger charge is -2.21. The van der Waals surface area contributed by atoms with E-state index in [1.807, 2.05) is 0 Å². The van der Waals surface area contributed by atoms with Crippen LogP contribution in [-0.4, -0.2) is 48.0 Å². The lowest BCUT2D eigenvalue weighted by Crippen LogP contribution is -2.35. The first-order chi connectivity index (χ1) is 14.4. The number of nitrogen functional groups attached to an aromatic ring is 1. The molecule has 2 aromatic rings. The smallest absolute Gasteiger partial charge is 0.340 e. The number of hydrogen-bond donors (Lipinski definition) is 1. The molecule has 1 aliphatic carbocycles. The van der Waals surface area contributed by atoms with Crippen LogP contribution in [0.25, 0.3) is 0 Å². The van der Waals surface area contributed by atoms with E-state index in [9.17, 15) is 19.2 Å². The van der Waals surface area contributed by atoms with Gasteiger partial charge in [0.15, 0.2) is 18.2 Å². The molecule has 0 radical (unpaired) electrons. The van der Waals surface area contributed by atoms with Crippen LogP contribution in [0.2, 0.25) is 0 Å². The van der Waals surface area contributed by atoms with E-state index >= 15 is 0 Å². The van der Waals surface area contributed by atoms with Gasteiger partial charge in [0.1, 0.15) is 0 Å². The number of anilines is 1. The number of fused-ring (bicyclic) bond motifs is 2. The fourth-order valence-corrected chi connectivity index (χ4v) is 3.28. The van der Waals surface area contributed by atoms with Gasteiger partial charge >= 0.3 is 5.97 Å². The Bertz CT molecular complexity index is 1080. The van der Waals surface area contributed by atoms with Crippen LogP contribution in [0.15, 0.2) is 61.7 Å². The van der Waals surface area contributed by atoms with Crippen LogP contribution in [0.3, 0.4) is 0 Å². The topological polar surface area (TPSA) is 107 Å². The van der Waals surface area contributed by atoms with Gasteiger partial charge in [0.25, 0.3) is 5.91 Å². The molecule has 0 saturated carbocycles. The van der Waals surface area contributed by atoms with Gasteiger partial charge in [0.2, 0.25) is 0 Å². The number of ketones is 2. The zero-order valence-corrected chi connectivity index (χ0v) is 16.2. The van der Waals surface area contributed by atoms with Crippen molar-refractivity contribution in [2.45, 2.75) is 0 Å². The first-order valence-electron chi connectivity index (χ1n) is 9.18. The quantitative estimate of drug-likeness (QED) is 0.368. The summed E-state index contributed by atoms with van der Waals surface area (Å²) in [6, 6.07) is 9.12. The zero-order chi connectivity index (χ0) is 21.8. The van der Waals surface area contributed by atoms with E-state index in [0.717, 1.165) is 0 Å². The van der Waals surface area contributed by atoms with Crippen LogP contribution in [0.4, 0.5) is 5.69 Å². The van der Waals surface area contributed by atoms with E-state index < -0.39 is 24.3 Å². The first-order valence-corrected chi connectivity index (χ1v) is 9.18. The molecule has 0 spiro atoms. The molecule has 0 saturated heterocycles. The maximum atomic E-state index is 12.9.